The van der Waals surface area contributed by atoms with Crippen LogP contribution in [-0.4, -0.2) is 24.7 Å². The molecule has 1 aliphatic heterocycles. The van der Waals surface area contributed by atoms with Gasteiger partial charge in [0.05, 0.1) is 12.0 Å². The van der Waals surface area contributed by atoms with Gasteiger partial charge in [-0.05, 0) is 53.8 Å². The number of carbonyl (C=O) groups is 2. The summed E-state index contributed by atoms with van der Waals surface area (Å²) in [6.07, 6.45) is 0.655. The Morgan fingerprint density at radius 2 is 1.59 bits per heavy atom. The first-order chi connectivity index (χ1) is 13.8. The number of nitrogens with one attached hydrogen (secondary N) is 2. The number of hydrogen-bond donors (Lipinski definition) is 2. The van der Waals surface area contributed by atoms with Crippen LogP contribution in [0.4, 0.5) is 5.69 Å². The van der Waals surface area contributed by atoms with E-state index >= 15 is 0 Å². The van der Waals surface area contributed by atoms with Crippen LogP contribution in [-0.2, 0) is 10.2 Å². The van der Waals surface area contributed by atoms with Gasteiger partial charge in [0.15, 0.2) is 0 Å². The highest BCUT2D eigenvalue weighted by Crippen LogP contribution is 2.31. The maximum absolute atomic E-state index is 12.7. The molecule has 2 amide bonds. The van der Waals surface area contributed by atoms with Gasteiger partial charge in [0.2, 0.25) is 0 Å². The first kappa shape index (κ1) is 21.0. The number of hydrogen-bond acceptors (Lipinski definition) is 4. The topological polar surface area (TPSA) is 67.4 Å². The minimum Gasteiger partial charge on any atom is -0.497 e. The average Bonchev–Trinajstić information content (AvgIpc) is 3.16. The third kappa shape index (κ3) is 5.21. The van der Waals surface area contributed by atoms with Crippen LogP contribution >= 0.6 is 11.8 Å². The van der Waals surface area contributed by atoms with Gasteiger partial charge in [-0.1, -0.05) is 32.9 Å². The predicted molar refractivity (Wildman–Crippen MR) is 118 cm³/mol. The Labute approximate surface area is 175 Å². The van der Waals surface area contributed by atoms with Crippen LogP contribution in [0.5, 0.6) is 5.75 Å². The van der Waals surface area contributed by atoms with Crippen LogP contribution in [0.15, 0.2) is 59.1 Å². The standard InChI is InChI=1S/C23H26N2O3S/c1-23(2,3)16-7-5-15(6-8-16)21(26)25-19-13-14-29-20(19)22(27)24-17-9-11-18(28-4)12-10-17/h5-12H,13-14H2,1-4H3,(H,24,27)(H,25,26). The molecule has 0 unspecified atom stereocenters. The van der Waals surface area contributed by atoms with Gasteiger partial charge < -0.3 is 15.4 Å². The van der Waals surface area contributed by atoms with Crippen molar-refractivity contribution < 1.29 is 14.3 Å². The van der Waals surface area contributed by atoms with Crippen LogP contribution in [0.25, 0.3) is 0 Å². The molecule has 2 aromatic carbocycles. The van der Waals surface area contributed by atoms with Gasteiger partial charge in [-0.25, -0.2) is 0 Å². The zero-order valence-electron chi connectivity index (χ0n) is 17.2. The molecule has 0 atom stereocenters. The minimum atomic E-state index is -0.212. The van der Waals surface area contributed by atoms with Crippen molar-refractivity contribution in [1.29, 1.82) is 0 Å². The molecule has 0 bridgehead atoms. The Balaban J connectivity index is 1.70. The molecule has 1 aliphatic rings. The van der Waals surface area contributed by atoms with Gasteiger partial charge in [-0.2, -0.15) is 0 Å². The molecule has 0 aromatic heterocycles. The first-order valence-electron chi connectivity index (χ1n) is 9.51. The molecule has 3 rings (SSSR count). The molecule has 6 heteroatoms. The molecular formula is C23H26N2O3S. The van der Waals surface area contributed by atoms with Crippen molar-refractivity contribution in [2.24, 2.45) is 0 Å². The van der Waals surface area contributed by atoms with Gasteiger partial charge in [-0.15, -0.1) is 11.8 Å². The monoisotopic (exact) mass is 410 g/mol. The fourth-order valence-electron chi connectivity index (χ4n) is 2.97. The molecule has 152 valence electrons. The second-order valence-corrected chi connectivity index (χ2v) is 8.98. The number of anilines is 1. The van der Waals surface area contributed by atoms with Gasteiger partial charge in [0.1, 0.15) is 5.75 Å². The van der Waals surface area contributed by atoms with Gasteiger partial charge in [0, 0.05) is 22.7 Å². The van der Waals surface area contributed by atoms with Crippen molar-refractivity contribution in [3.63, 3.8) is 0 Å². The van der Waals surface area contributed by atoms with E-state index in [2.05, 4.69) is 31.4 Å². The summed E-state index contributed by atoms with van der Waals surface area (Å²) in [5.41, 5.74) is 3.14. The van der Waals surface area contributed by atoms with E-state index in [1.165, 1.54) is 17.3 Å². The summed E-state index contributed by atoms with van der Waals surface area (Å²) in [7, 11) is 1.60. The van der Waals surface area contributed by atoms with Gasteiger partial charge >= 0.3 is 0 Å². The highest BCUT2D eigenvalue weighted by atomic mass is 32.2. The summed E-state index contributed by atoms with van der Waals surface area (Å²) in [4.78, 5) is 25.9. The van der Waals surface area contributed by atoms with Crippen molar-refractivity contribution >= 4 is 29.3 Å². The molecule has 0 fully saturated rings. The van der Waals surface area contributed by atoms with E-state index in [0.29, 0.717) is 28.3 Å². The smallest absolute Gasteiger partial charge is 0.263 e. The second kappa shape index (κ2) is 8.74. The summed E-state index contributed by atoms with van der Waals surface area (Å²) < 4.78 is 5.13. The summed E-state index contributed by atoms with van der Waals surface area (Å²) in [6.45, 7) is 6.41. The lowest BCUT2D eigenvalue weighted by atomic mass is 9.87. The first-order valence-corrected chi connectivity index (χ1v) is 10.5. The highest BCUT2D eigenvalue weighted by molar-refractivity contribution is 8.04. The Morgan fingerprint density at radius 1 is 0.931 bits per heavy atom. The number of ether oxygens (including phenoxy) is 1. The zero-order valence-corrected chi connectivity index (χ0v) is 18.0. The van der Waals surface area contributed by atoms with Crippen LogP contribution < -0.4 is 15.4 Å². The van der Waals surface area contributed by atoms with Gasteiger partial charge in [-0.3, -0.25) is 9.59 Å². The second-order valence-electron chi connectivity index (χ2n) is 7.87. The maximum atomic E-state index is 12.7. The number of amides is 2. The minimum absolute atomic E-state index is 0.0341. The summed E-state index contributed by atoms with van der Waals surface area (Å²) in [5.74, 6) is 1.08. The van der Waals surface area contributed by atoms with E-state index in [1.54, 1.807) is 31.4 Å². The molecule has 0 spiro atoms. The molecule has 29 heavy (non-hydrogen) atoms. The Kier molecular flexibility index (Phi) is 6.33. The molecular weight excluding hydrogens is 384 g/mol. The normalized spacial score (nSPS) is 13.9. The lowest BCUT2D eigenvalue weighted by molar-refractivity contribution is -0.112. The number of rotatable bonds is 5. The number of allylic oxidation sites excluding steroid dienone is 1. The molecule has 0 saturated heterocycles. The van der Waals surface area contributed by atoms with Crippen molar-refractivity contribution in [3.8, 4) is 5.75 Å². The predicted octanol–water partition coefficient (Wildman–Crippen LogP) is 4.71. The number of benzene rings is 2. The summed E-state index contributed by atoms with van der Waals surface area (Å²) >= 11 is 1.46. The largest absolute Gasteiger partial charge is 0.497 e. The summed E-state index contributed by atoms with van der Waals surface area (Å²) in [5, 5.41) is 5.81. The van der Waals surface area contributed by atoms with E-state index in [-0.39, 0.29) is 17.2 Å². The molecule has 0 saturated carbocycles. The molecule has 1 heterocycles. The Bertz CT molecular complexity index is 926. The fraction of sp³-hybridized carbons (Fsp3) is 0.304. The van der Waals surface area contributed by atoms with Crippen molar-refractivity contribution in [2.75, 3.05) is 18.2 Å². The molecule has 0 aliphatic carbocycles. The van der Waals surface area contributed by atoms with E-state index in [4.69, 9.17) is 4.74 Å². The van der Waals surface area contributed by atoms with Crippen molar-refractivity contribution in [1.82, 2.24) is 5.32 Å². The molecule has 0 radical (unpaired) electrons. The summed E-state index contributed by atoms with van der Waals surface area (Å²) in [6, 6.07) is 14.8. The van der Waals surface area contributed by atoms with E-state index in [1.807, 2.05) is 24.3 Å². The van der Waals surface area contributed by atoms with Crippen LogP contribution in [0.2, 0.25) is 0 Å². The molecule has 2 N–H and O–H groups in total. The highest BCUT2D eigenvalue weighted by Gasteiger charge is 2.24. The third-order valence-corrected chi connectivity index (χ3v) is 5.83. The molecule has 2 aromatic rings. The van der Waals surface area contributed by atoms with E-state index in [0.717, 1.165) is 11.5 Å². The number of methoxy groups -OCH3 is 1. The Morgan fingerprint density at radius 3 is 2.17 bits per heavy atom. The average molecular weight is 411 g/mol. The number of thioether (sulfide) groups is 1. The van der Waals surface area contributed by atoms with Crippen LogP contribution in [0, 0.1) is 0 Å². The Hall–Kier alpha value is -2.73. The van der Waals surface area contributed by atoms with Crippen LogP contribution in [0.3, 0.4) is 0 Å². The maximum Gasteiger partial charge on any atom is 0.263 e. The zero-order chi connectivity index (χ0) is 21.0. The van der Waals surface area contributed by atoms with Crippen molar-refractivity contribution in [2.45, 2.75) is 32.6 Å². The lowest BCUT2D eigenvalue weighted by Crippen LogP contribution is -2.25. The van der Waals surface area contributed by atoms with Crippen LogP contribution in [0.1, 0.15) is 43.1 Å². The van der Waals surface area contributed by atoms with E-state index in [9.17, 15) is 9.59 Å². The quantitative estimate of drug-likeness (QED) is 0.749. The van der Waals surface area contributed by atoms with Gasteiger partial charge in [0.25, 0.3) is 11.8 Å². The SMILES string of the molecule is COc1ccc(NC(=O)C2=C(NC(=O)c3ccc(C(C)(C)C)cc3)CCS2)cc1. The lowest BCUT2D eigenvalue weighted by Gasteiger charge is -2.19. The van der Waals surface area contributed by atoms with E-state index < -0.39 is 0 Å². The fourth-order valence-corrected chi connectivity index (χ4v) is 3.99. The van der Waals surface area contributed by atoms with Crippen molar-refractivity contribution in [3.05, 3.63) is 70.3 Å². The molecule has 5 nitrogen and oxygen atoms in total. The third-order valence-electron chi connectivity index (χ3n) is 4.70. The number of carbonyl (C=O) groups excluding carboxylic acids is 2.